The summed E-state index contributed by atoms with van der Waals surface area (Å²) in [5.74, 6) is 0.210. The van der Waals surface area contributed by atoms with E-state index in [-0.39, 0.29) is 5.92 Å². The first-order valence-electron chi connectivity index (χ1n) is 6.52. The Labute approximate surface area is 113 Å². The van der Waals surface area contributed by atoms with Crippen LogP contribution in [0, 0.1) is 5.92 Å². The number of aliphatic hydroxyl groups is 1. The van der Waals surface area contributed by atoms with Crippen LogP contribution in [0.15, 0.2) is 6.20 Å². The predicted molar refractivity (Wildman–Crippen MR) is 70.6 cm³/mol. The maximum Gasteiger partial charge on any atom is 0.110 e. The fraction of sp³-hybridized carbons (Fsp3) is 0.769. The van der Waals surface area contributed by atoms with Gasteiger partial charge in [0.1, 0.15) is 5.60 Å². The minimum atomic E-state index is -0.848. The number of hydrogen-bond donors (Lipinski definition) is 1. The molecule has 2 rings (SSSR count). The second kappa shape index (κ2) is 5.59. The van der Waals surface area contributed by atoms with Gasteiger partial charge in [-0.2, -0.15) is 5.10 Å². The summed E-state index contributed by atoms with van der Waals surface area (Å²) in [6.45, 7) is 3.27. The number of nitrogens with zero attached hydrogens (tertiary/aromatic N) is 2. The molecular weight excluding hydrogens is 252 g/mol. The van der Waals surface area contributed by atoms with Crippen molar-refractivity contribution in [2.75, 3.05) is 13.7 Å². The van der Waals surface area contributed by atoms with Gasteiger partial charge >= 0.3 is 0 Å². The number of hydrogen-bond acceptors (Lipinski definition) is 3. The van der Waals surface area contributed by atoms with E-state index >= 15 is 0 Å². The van der Waals surface area contributed by atoms with Crippen molar-refractivity contribution in [1.82, 2.24) is 9.78 Å². The van der Waals surface area contributed by atoms with E-state index in [1.807, 2.05) is 0 Å². The van der Waals surface area contributed by atoms with Crippen molar-refractivity contribution in [2.24, 2.45) is 5.92 Å². The van der Waals surface area contributed by atoms with E-state index < -0.39 is 5.60 Å². The van der Waals surface area contributed by atoms with Crippen LogP contribution in [0.1, 0.15) is 38.3 Å². The van der Waals surface area contributed by atoms with Crippen molar-refractivity contribution in [3.63, 3.8) is 0 Å². The van der Waals surface area contributed by atoms with E-state index in [0.717, 1.165) is 25.0 Å². The first-order chi connectivity index (χ1) is 8.59. The average Bonchev–Trinajstić information content (AvgIpc) is 2.72. The second-order valence-corrected chi connectivity index (χ2v) is 5.54. The molecule has 5 heteroatoms. The monoisotopic (exact) mass is 272 g/mol. The van der Waals surface area contributed by atoms with Gasteiger partial charge in [0.05, 0.1) is 30.1 Å². The Balaban J connectivity index is 2.32. The van der Waals surface area contributed by atoms with E-state index in [9.17, 15) is 5.11 Å². The highest BCUT2D eigenvalue weighted by Gasteiger charge is 2.41. The van der Waals surface area contributed by atoms with Gasteiger partial charge in [-0.05, 0) is 18.8 Å². The van der Waals surface area contributed by atoms with Gasteiger partial charge in [-0.25, -0.2) is 0 Å². The van der Waals surface area contributed by atoms with Crippen molar-refractivity contribution in [2.45, 2.75) is 44.8 Å². The molecule has 1 aromatic heterocycles. The molecule has 1 aliphatic carbocycles. The third-order valence-corrected chi connectivity index (χ3v) is 4.25. The van der Waals surface area contributed by atoms with Crippen LogP contribution in [-0.2, 0) is 16.9 Å². The molecule has 2 unspecified atom stereocenters. The lowest BCUT2D eigenvalue weighted by Gasteiger charge is -2.38. The zero-order chi connectivity index (χ0) is 13.2. The Morgan fingerprint density at radius 1 is 1.61 bits per heavy atom. The Morgan fingerprint density at radius 2 is 2.39 bits per heavy atom. The summed E-state index contributed by atoms with van der Waals surface area (Å²) in [6, 6.07) is 0. The molecule has 0 aliphatic heterocycles. The topological polar surface area (TPSA) is 47.3 Å². The number of methoxy groups -OCH3 is 1. The van der Waals surface area contributed by atoms with Crippen molar-refractivity contribution in [3.8, 4) is 0 Å². The highest BCUT2D eigenvalue weighted by atomic mass is 35.5. The summed E-state index contributed by atoms with van der Waals surface area (Å²) >= 11 is 6.23. The van der Waals surface area contributed by atoms with E-state index in [0.29, 0.717) is 18.2 Å². The van der Waals surface area contributed by atoms with Crippen molar-refractivity contribution >= 4 is 11.6 Å². The summed E-state index contributed by atoms with van der Waals surface area (Å²) in [6.07, 6.45) is 5.61. The van der Waals surface area contributed by atoms with Gasteiger partial charge in [0.2, 0.25) is 0 Å². The van der Waals surface area contributed by atoms with Crippen molar-refractivity contribution in [3.05, 3.63) is 16.9 Å². The Hall–Kier alpha value is -0.580. The van der Waals surface area contributed by atoms with Crippen LogP contribution in [0.5, 0.6) is 0 Å². The van der Waals surface area contributed by atoms with E-state index in [1.54, 1.807) is 18.0 Å². The molecular formula is C13H21ClN2O2. The molecule has 0 spiro atoms. The molecule has 4 nitrogen and oxygen atoms in total. The number of ether oxygens (including phenoxy) is 1. The van der Waals surface area contributed by atoms with Gasteiger partial charge in [0.25, 0.3) is 0 Å². The number of aromatic nitrogens is 2. The molecule has 18 heavy (non-hydrogen) atoms. The largest absolute Gasteiger partial charge is 0.383 e. The number of rotatable bonds is 4. The maximum absolute atomic E-state index is 11.0. The molecule has 1 heterocycles. The fourth-order valence-corrected chi connectivity index (χ4v) is 3.13. The normalized spacial score (nSPS) is 28.6. The SMILES string of the molecule is COCCn1ncc(Cl)c1C1(O)CCCCC1C. The average molecular weight is 273 g/mol. The second-order valence-electron chi connectivity index (χ2n) is 5.13. The van der Waals surface area contributed by atoms with E-state index in [4.69, 9.17) is 16.3 Å². The molecule has 1 aliphatic rings. The summed E-state index contributed by atoms with van der Waals surface area (Å²) in [5.41, 5.74) is -0.0899. The summed E-state index contributed by atoms with van der Waals surface area (Å²) < 4.78 is 6.86. The minimum Gasteiger partial charge on any atom is -0.383 e. The molecule has 1 N–H and O–H groups in total. The Morgan fingerprint density at radius 3 is 3.06 bits per heavy atom. The fourth-order valence-electron chi connectivity index (χ4n) is 2.82. The third-order valence-electron chi connectivity index (χ3n) is 3.97. The van der Waals surface area contributed by atoms with Gasteiger partial charge < -0.3 is 9.84 Å². The first-order valence-corrected chi connectivity index (χ1v) is 6.90. The standard InChI is InChI=1S/C13H21ClN2O2/c1-10-5-3-4-6-13(10,17)12-11(14)9-15-16(12)7-8-18-2/h9-10,17H,3-8H2,1-2H3. The predicted octanol–water partition coefficient (Wildman–Crippen LogP) is 2.58. The van der Waals surface area contributed by atoms with Crippen LogP contribution in [0.4, 0.5) is 0 Å². The van der Waals surface area contributed by atoms with Gasteiger partial charge in [-0.1, -0.05) is 31.4 Å². The molecule has 1 fully saturated rings. The zero-order valence-electron chi connectivity index (χ0n) is 11.0. The molecule has 1 aromatic rings. The van der Waals surface area contributed by atoms with E-state index in [2.05, 4.69) is 12.0 Å². The summed E-state index contributed by atoms with van der Waals surface area (Å²) in [5, 5.41) is 15.8. The Kier molecular flexibility index (Phi) is 4.30. The quantitative estimate of drug-likeness (QED) is 0.916. The molecule has 0 aromatic carbocycles. The lowest BCUT2D eigenvalue weighted by atomic mass is 9.74. The maximum atomic E-state index is 11.0. The van der Waals surface area contributed by atoms with Crippen molar-refractivity contribution < 1.29 is 9.84 Å². The lowest BCUT2D eigenvalue weighted by Crippen LogP contribution is -2.39. The third kappa shape index (κ3) is 2.42. The van der Waals surface area contributed by atoms with Crippen LogP contribution < -0.4 is 0 Å². The van der Waals surface area contributed by atoms with Gasteiger partial charge in [-0.3, -0.25) is 4.68 Å². The smallest absolute Gasteiger partial charge is 0.110 e. The van der Waals surface area contributed by atoms with Crippen LogP contribution >= 0.6 is 11.6 Å². The van der Waals surface area contributed by atoms with Crippen LogP contribution in [0.3, 0.4) is 0 Å². The molecule has 0 amide bonds. The molecule has 0 radical (unpaired) electrons. The molecule has 2 atom stereocenters. The van der Waals surface area contributed by atoms with E-state index in [1.165, 1.54) is 6.42 Å². The minimum absolute atomic E-state index is 0.210. The van der Waals surface area contributed by atoms with Gasteiger partial charge in [0.15, 0.2) is 0 Å². The molecule has 0 bridgehead atoms. The lowest BCUT2D eigenvalue weighted by molar-refractivity contribution is -0.0545. The van der Waals surface area contributed by atoms with Crippen LogP contribution in [0.25, 0.3) is 0 Å². The van der Waals surface area contributed by atoms with Gasteiger partial charge in [-0.15, -0.1) is 0 Å². The molecule has 1 saturated carbocycles. The summed E-state index contributed by atoms with van der Waals surface area (Å²) in [7, 11) is 1.66. The highest BCUT2D eigenvalue weighted by Crippen LogP contribution is 2.43. The Bertz CT molecular complexity index is 408. The molecule has 102 valence electrons. The van der Waals surface area contributed by atoms with Crippen LogP contribution in [0.2, 0.25) is 5.02 Å². The molecule has 0 saturated heterocycles. The van der Waals surface area contributed by atoms with Crippen LogP contribution in [-0.4, -0.2) is 28.6 Å². The van der Waals surface area contributed by atoms with Gasteiger partial charge in [0, 0.05) is 7.11 Å². The van der Waals surface area contributed by atoms with Crippen molar-refractivity contribution in [1.29, 1.82) is 0 Å². The number of halogens is 1. The summed E-state index contributed by atoms with van der Waals surface area (Å²) in [4.78, 5) is 0. The highest BCUT2D eigenvalue weighted by molar-refractivity contribution is 6.31. The zero-order valence-corrected chi connectivity index (χ0v) is 11.8. The first kappa shape index (κ1) is 13.8.